The topological polar surface area (TPSA) is 92.6 Å². The number of hydrogen-bond donors (Lipinski definition) is 1. The number of fused-ring (bicyclic) bond motifs is 2. The highest BCUT2D eigenvalue weighted by molar-refractivity contribution is 7.90. The van der Waals surface area contributed by atoms with Gasteiger partial charge < -0.3 is 14.7 Å². The first-order valence-corrected chi connectivity index (χ1v) is 8.90. The molecule has 2 fully saturated rings. The van der Waals surface area contributed by atoms with E-state index in [0.29, 0.717) is 32.0 Å². The molecular formula is C12H16ClN3O4S. The first-order valence-electron chi connectivity index (χ1n) is 6.63. The van der Waals surface area contributed by atoms with Gasteiger partial charge in [-0.3, -0.25) is 0 Å². The molecule has 7 nitrogen and oxygen atoms in total. The number of rotatable bonds is 2. The molecule has 2 aliphatic heterocycles. The number of anilines is 1. The second kappa shape index (κ2) is 5.35. The number of ether oxygens (including phenoxy) is 1. The molecule has 0 aromatic carbocycles. The van der Waals surface area contributed by atoms with Crippen LogP contribution in [0.5, 0.6) is 0 Å². The van der Waals surface area contributed by atoms with Crippen LogP contribution in [0.15, 0.2) is 11.2 Å². The molecule has 3 rings (SSSR count). The van der Waals surface area contributed by atoms with E-state index in [4.69, 9.17) is 16.3 Å². The van der Waals surface area contributed by atoms with Crippen molar-refractivity contribution in [1.29, 1.82) is 0 Å². The van der Waals surface area contributed by atoms with Crippen molar-refractivity contribution in [2.75, 3.05) is 24.4 Å². The summed E-state index contributed by atoms with van der Waals surface area (Å²) in [6.07, 6.45) is 3.10. The van der Waals surface area contributed by atoms with Crippen LogP contribution >= 0.6 is 11.6 Å². The average Bonchev–Trinajstić information content (AvgIpc) is 2.37. The minimum atomic E-state index is -3.52. The van der Waals surface area contributed by atoms with E-state index < -0.39 is 9.84 Å². The summed E-state index contributed by atoms with van der Waals surface area (Å²) in [6.45, 7) is 0.932. The van der Waals surface area contributed by atoms with Gasteiger partial charge in [-0.05, 0) is 12.8 Å². The van der Waals surface area contributed by atoms with Gasteiger partial charge in [-0.15, -0.1) is 0 Å². The molecule has 1 aromatic heterocycles. The maximum absolute atomic E-state index is 11.7. The molecule has 1 aromatic rings. The van der Waals surface area contributed by atoms with E-state index in [0.717, 1.165) is 6.26 Å². The van der Waals surface area contributed by atoms with E-state index in [2.05, 4.69) is 9.97 Å². The second-order valence-electron chi connectivity index (χ2n) is 5.47. The van der Waals surface area contributed by atoms with Crippen LogP contribution in [0.25, 0.3) is 0 Å². The van der Waals surface area contributed by atoms with Gasteiger partial charge in [0.1, 0.15) is 0 Å². The normalized spacial score (nSPS) is 29.5. The molecule has 2 atom stereocenters. The molecule has 21 heavy (non-hydrogen) atoms. The molecule has 9 heteroatoms. The zero-order valence-electron chi connectivity index (χ0n) is 11.4. The minimum absolute atomic E-state index is 0.0136. The van der Waals surface area contributed by atoms with Gasteiger partial charge in [-0.25, -0.2) is 13.4 Å². The number of aliphatic hydroxyl groups is 1. The van der Waals surface area contributed by atoms with Crippen molar-refractivity contribution >= 4 is 27.4 Å². The number of halogens is 1. The first kappa shape index (κ1) is 15.0. The molecule has 0 radical (unpaired) electrons. The second-order valence-corrected chi connectivity index (χ2v) is 7.81. The maximum Gasteiger partial charge on any atom is 0.227 e. The van der Waals surface area contributed by atoms with Crippen LogP contribution < -0.4 is 4.90 Å². The summed E-state index contributed by atoms with van der Waals surface area (Å²) < 4.78 is 29.0. The highest BCUT2D eigenvalue weighted by Crippen LogP contribution is 2.32. The summed E-state index contributed by atoms with van der Waals surface area (Å²) in [7, 11) is -3.52. The summed E-state index contributed by atoms with van der Waals surface area (Å²) in [4.78, 5) is 10.2. The Morgan fingerprint density at radius 3 is 2.57 bits per heavy atom. The van der Waals surface area contributed by atoms with E-state index in [1.54, 1.807) is 0 Å². The summed E-state index contributed by atoms with van der Waals surface area (Å²) in [6, 6.07) is -0.109. The van der Waals surface area contributed by atoms with Gasteiger partial charge in [-0.1, -0.05) is 11.6 Å². The molecule has 2 aliphatic rings. The third-order valence-corrected chi connectivity index (χ3v) is 5.18. The third kappa shape index (κ3) is 2.85. The van der Waals surface area contributed by atoms with Crippen LogP contribution in [0.4, 0.5) is 5.95 Å². The van der Waals surface area contributed by atoms with Gasteiger partial charge in [0.15, 0.2) is 14.9 Å². The zero-order chi connectivity index (χ0) is 15.2. The quantitative estimate of drug-likeness (QED) is 0.776. The van der Waals surface area contributed by atoms with Crippen LogP contribution in [0.2, 0.25) is 5.02 Å². The van der Waals surface area contributed by atoms with Crippen molar-refractivity contribution in [3.8, 4) is 0 Å². The molecule has 2 saturated heterocycles. The Balaban J connectivity index is 2.01. The fourth-order valence-corrected chi connectivity index (χ4v) is 4.11. The molecular weight excluding hydrogens is 318 g/mol. The highest BCUT2D eigenvalue weighted by atomic mass is 35.5. The highest BCUT2D eigenvalue weighted by Gasteiger charge is 2.40. The Morgan fingerprint density at radius 1 is 1.38 bits per heavy atom. The summed E-state index contributed by atoms with van der Waals surface area (Å²) in [5.41, 5.74) is 0. The molecule has 1 N–H and O–H groups in total. The molecule has 116 valence electrons. The lowest BCUT2D eigenvalue weighted by molar-refractivity contribution is 0.000272. The fraction of sp³-hybridized carbons (Fsp3) is 0.667. The van der Waals surface area contributed by atoms with Crippen molar-refractivity contribution < 1.29 is 18.3 Å². The van der Waals surface area contributed by atoms with Crippen LogP contribution in [0.3, 0.4) is 0 Å². The Kier molecular flexibility index (Phi) is 3.81. The standard InChI is InChI=1S/C12H16ClN3O4S/c1-21(18,19)11-10(13)4-14-12(15-11)16-7-2-9(17)3-8(16)6-20-5-7/h4,7-9,17H,2-3,5-6H2,1H3/t7-,8-/m0/s1. The van der Waals surface area contributed by atoms with Gasteiger partial charge in [0.05, 0.1) is 42.6 Å². The van der Waals surface area contributed by atoms with E-state index in [1.807, 2.05) is 4.90 Å². The predicted octanol–water partition coefficient (Wildman–Crippen LogP) is 0.262. The number of morpholine rings is 1. The van der Waals surface area contributed by atoms with Crippen LogP contribution in [0.1, 0.15) is 12.8 Å². The van der Waals surface area contributed by atoms with Gasteiger partial charge in [0.25, 0.3) is 0 Å². The number of nitrogens with zero attached hydrogens (tertiary/aromatic N) is 3. The van der Waals surface area contributed by atoms with E-state index >= 15 is 0 Å². The summed E-state index contributed by atoms with van der Waals surface area (Å²) >= 11 is 5.88. The fourth-order valence-electron chi connectivity index (χ4n) is 2.94. The third-order valence-electron chi connectivity index (χ3n) is 3.78. The van der Waals surface area contributed by atoms with Crippen molar-refractivity contribution in [1.82, 2.24) is 9.97 Å². The lowest BCUT2D eigenvalue weighted by Gasteiger charge is -2.47. The largest absolute Gasteiger partial charge is 0.393 e. The SMILES string of the molecule is CS(=O)(=O)c1nc(N2[C@@H]3COC[C@@H]2CC(O)C3)ncc1Cl. The summed E-state index contributed by atoms with van der Waals surface area (Å²) in [5, 5.41) is 9.71. The molecule has 0 unspecified atom stereocenters. The number of sulfone groups is 1. The number of aromatic nitrogens is 2. The van der Waals surface area contributed by atoms with E-state index in [1.165, 1.54) is 6.20 Å². The predicted molar refractivity (Wildman–Crippen MR) is 76.3 cm³/mol. The van der Waals surface area contributed by atoms with Crippen molar-refractivity contribution in [2.24, 2.45) is 0 Å². The van der Waals surface area contributed by atoms with Crippen molar-refractivity contribution in [2.45, 2.75) is 36.1 Å². The Morgan fingerprint density at radius 2 is 2.00 bits per heavy atom. The number of aliphatic hydroxyl groups excluding tert-OH is 1. The van der Waals surface area contributed by atoms with Crippen LogP contribution in [-0.2, 0) is 14.6 Å². The van der Waals surface area contributed by atoms with E-state index in [-0.39, 0.29) is 28.2 Å². The molecule has 0 saturated carbocycles. The monoisotopic (exact) mass is 333 g/mol. The van der Waals surface area contributed by atoms with Crippen LogP contribution in [-0.4, -0.2) is 61.1 Å². The molecule has 0 amide bonds. The molecule has 0 aliphatic carbocycles. The Labute approximate surface area is 127 Å². The average molecular weight is 334 g/mol. The van der Waals surface area contributed by atoms with E-state index in [9.17, 15) is 13.5 Å². The van der Waals surface area contributed by atoms with Gasteiger partial charge in [0.2, 0.25) is 5.95 Å². The zero-order valence-corrected chi connectivity index (χ0v) is 13.0. The molecule has 3 heterocycles. The Hall–Kier alpha value is -0.960. The summed E-state index contributed by atoms with van der Waals surface area (Å²) in [5.74, 6) is 0.324. The number of piperidine rings is 1. The van der Waals surface area contributed by atoms with Gasteiger partial charge in [0, 0.05) is 6.26 Å². The maximum atomic E-state index is 11.7. The Bertz CT molecular complexity index is 640. The first-order chi connectivity index (χ1) is 9.86. The van der Waals surface area contributed by atoms with Gasteiger partial charge >= 0.3 is 0 Å². The van der Waals surface area contributed by atoms with Gasteiger partial charge in [-0.2, -0.15) is 4.98 Å². The van der Waals surface area contributed by atoms with Crippen molar-refractivity contribution in [3.63, 3.8) is 0 Å². The number of hydrogen-bond acceptors (Lipinski definition) is 7. The molecule has 0 spiro atoms. The smallest absolute Gasteiger partial charge is 0.227 e. The minimum Gasteiger partial charge on any atom is -0.393 e. The molecule has 2 bridgehead atoms. The van der Waals surface area contributed by atoms with Crippen molar-refractivity contribution in [3.05, 3.63) is 11.2 Å². The lowest BCUT2D eigenvalue weighted by Crippen LogP contribution is -2.59. The lowest BCUT2D eigenvalue weighted by atomic mass is 9.92. The van der Waals surface area contributed by atoms with Crippen LogP contribution in [0, 0.1) is 0 Å².